The molecule has 0 aliphatic heterocycles. The van der Waals surface area contributed by atoms with Crippen molar-refractivity contribution in [1.82, 2.24) is 10.6 Å². The minimum Gasteiger partial charge on any atom is -0.508 e. The number of ether oxygens (including phenoxy) is 2. The molecule has 2 aromatic rings. The summed E-state index contributed by atoms with van der Waals surface area (Å²) in [5.41, 5.74) is 0.706. The van der Waals surface area contributed by atoms with Crippen LogP contribution in [-0.2, 0) is 6.54 Å². The highest BCUT2D eigenvalue weighted by Gasteiger charge is 2.04. The van der Waals surface area contributed by atoms with Crippen LogP contribution in [0.3, 0.4) is 0 Å². The van der Waals surface area contributed by atoms with E-state index in [2.05, 4.69) is 15.6 Å². The maximum absolute atomic E-state index is 9.93. The zero-order valence-electron chi connectivity index (χ0n) is 15.1. The van der Waals surface area contributed by atoms with Crippen LogP contribution in [0, 0.1) is 0 Å². The van der Waals surface area contributed by atoms with Gasteiger partial charge in [-0.3, -0.25) is 0 Å². The average Bonchev–Trinajstić information content (AvgIpc) is 2.65. The van der Waals surface area contributed by atoms with Crippen molar-refractivity contribution in [3.8, 4) is 17.2 Å². The van der Waals surface area contributed by atoms with Crippen LogP contribution >= 0.6 is 24.0 Å². The van der Waals surface area contributed by atoms with Crippen LogP contribution in [0.1, 0.15) is 12.5 Å². The molecule has 142 valence electrons. The first-order valence-electron chi connectivity index (χ1n) is 8.29. The lowest BCUT2D eigenvalue weighted by Gasteiger charge is -2.12. The Kier molecular flexibility index (Phi) is 10.3. The molecule has 3 N–H and O–H groups in total. The number of nitrogens with one attached hydrogen (secondary N) is 2. The molecule has 0 heterocycles. The summed E-state index contributed by atoms with van der Waals surface area (Å²) in [5.74, 6) is 2.40. The van der Waals surface area contributed by atoms with Crippen molar-refractivity contribution < 1.29 is 14.6 Å². The molecule has 0 saturated heterocycles. The van der Waals surface area contributed by atoms with Gasteiger partial charge in [0.2, 0.25) is 0 Å². The summed E-state index contributed by atoms with van der Waals surface area (Å²) in [7, 11) is 1.60. The number of guanidine groups is 1. The molecule has 0 aliphatic rings. The number of phenols is 1. The molecule has 0 fully saturated rings. The second-order valence-corrected chi connectivity index (χ2v) is 5.28. The van der Waals surface area contributed by atoms with E-state index < -0.39 is 0 Å². The van der Waals surface area contributed by atoms with Crippen LogP contribution in [0.2, 0.25) is 0 Å². The van der Waals surface area contributed by atoms with Crippen molar-refractivity contribution in [2.45, 2.75) is 13.5 Å². The molecule has 2 rings (SSSR count). The van der Waals surface area contributed by atoms with Crippen molar-refractivity contribution >= 4 is 29.9 Å². The molecular weight excluding hydrogens is 445 g/mol. The van der Waals surface area contributed by atoms with Gasteiger partial charge < -0.3 is 25.2 Å². The topological polar surface area (TPSA) is 75.1 Å². The fourth-order valence-corrected chi connectivity index (χ4v) is 2.18. The molecule has 26 heavy (non-hydrogen) atoms. The molecule has 0 unspecified atom stereocenters. The molecule has 0 radical (unpaired) electrons. The maximum atomic E-state index is 9.93. The summed E-state index contributed by atoms with van der Waals surface area (Å²) < 4.78 is 10.8. The van der Waals surface area contributed by atoms with Crippen molar-refractivity contribution in [3.63, 3.8) is 0 Å². The zero-order chi connectivity index (χ0) is 17.9. The Bertz CT molecular complexity index is 681. The summed E-state index contributed by atoms with van der Waals surface area (Å²) in [6.07, 6.45) is 0. The molecule has 0 amide bonds. The quantitative estimate of drug-likeness (QED) is 0.239. The van der Waals surface area contributed by atoms with Crippen molar-refractivity contribution in [2.75, 3.05) is 26.8 Å². The van der Waals surface area contributed by atoms with Crippen LogP contribution < -0.4 is 20.1 Å². The Morgan fingerprint density at radius 3 is 2.54 bits per heavy atom. The first-order chi connectivity index (χ1) is 12.2. The molecule has 0 saturated carbocycles. The van der Waals surface area contributed by atoms with Gasteiger partial charge in [-0.05, 0) is 37.3 Å². The fraction of sp³-hybridized carbons (Fsp3) is 0.316. The van der Waals surface area contributed by atoms with Gasteiger partial charge >= 0.3 is 0 Å². The van der Waals surface area contributed by atoms with E-state index in [-0.39, 0.29) is 29.7 Å². The van der Waals surface area contributed by atoms with Crippen molar-refractivity contribution in [1.29, 1.82) is 0 Å². The van der Waals surface area contributed by atoms with Gasteiger partial charge in [-0.15, -0.1) is 24.0 Å². The second-order valence-electron chi connectivity index (χ2n) is 5.28. The van der Waals surface area contributed by atoms with Gasteiger partial charge in [0.05, 0.1) is 20.2 Å². The number of benzene rings is 2. The number of para-hydroxylation sites is 1. The Labute approximate surface area is 171 Å². The minimum atomic E-state index is 0. The van der Waals surface area contributed by atoms with Gasteiger partial charge in [-0.25, -0.2) is 4.99 Å². The fourth-order valence-electron chi connectivity index (χ4n) is 2.18. The molecule has 0 spiro atoms. The molecule has 0 aromatic heterocycles. The Morgan fingerprint density at radius 1 is 1.08 bits per heavy atom. The van der Waals surface area contributed by atoms with Crippen LogP contribution in [0.4, 0.5) is 0 Å². The molecule has 7 heteroatoms. The zero-order valence-corrected chi connectivity index (χ0v) is 17.4. The number of phenolic OH excluding ortho intramolecular Hbond substituents is 1. The van der Waals surface area contributed by atoms with E-state index in [1.165, 1.54) is 0 Å². The summed E-state index contributed by atoms with van der Waals surface area (Å²) in [6, 6.07) is 14.8. The molecule has 6 nitrogen and oxygen atoms in total. The monoisotopic (exact) mass is 471 g/mol. The van der Waals surface area contributed by atoms with E-state index in [1.807, 2.05) is 37.3 Å². The minimum absolute atomic E-state index is 0. The standard InChI is InChI=1S/C19H25N3O3.HI/c1-3-20-19(21-11-12-25-16-7-5-4-6-8-16)22-14-15-13-17(24-2)9-10-18(15)23;/h4-10,13,23H,3,11-12,14H2,1-2H3,(H2,20,21,22);1H. The lowest BCUT2D eigenvalue weighted by atomic mass is 10.2. The molecule has 0 atom stereocenters. The summed E-state index contributed by atoms with van der Waals surface area (Å²) in [4.78, 5) is 4.49. The van der Waals surface area contributed by atoms with E-state index in [0.29, 0.717) is 37.0 Å². The van der Waals surface area contributed by atoms with Crippen molar-refractivity contribution in [2.24, 2.45) is 4.99 Å². The SMILES string of the molecule is CCNC(=NCc1cc(OC)ccc1O)NCCOc1ccccc1.I. The Balaban J connectivity index is 0.00000338. The third-order valence-corrected chi connectivity index (χ3v) is 3.44. The number of methoxy groups -OCH3 is 1. The van der Waals surface area contributed by atoms with Crippen LogP contribution in [0.15, 0.2) is 53.5 Å². The number of nitrogens with zero attached hydrogens (tertiary/aromatic N) is 1. The molecule has 0 aliphatic carbocycles. The highest BCUT2D eigenvalue weighted by atomic mass is 127. The maximum Gasteiger partial charge on any atom is 0.191 e. The van der Waals surface area contributed by atoms with E-state index in [4.69, 9.17) is 9.47 Å². The first-order valence-corrected chi connectivity index (χ1v) is 8.29. The number of aliphatic imine (C=N–C) groups is 1. The largest absolute Gasteiger partial charge is 0.508 e. The van der Waals surface area contributed by atoms with E-state index in [9.17, 15) is 5.11 Å². The number of halogens is 1. The number of aromatic hydroxyl groups is 1. The summed E-state index contributed by atoms with van der Waals surface area (Å²) >= 11 is 0. The number of rotatable bonds is 8. The van der Waals surface area contributed by atoms with Gasteiger partial charge in [0.15, 0.2) is 5.96 Å². The molecule has 2 aromatic carbocycles. The first kappa shape index (κ1) is 21.9. The average molecular weight is 471 g/mol. The summed E-state index contributed by atoms with van der Waals surface area (Å²) in [5, 5.41) is 16.3. The van der Waals surface area contributed by atoms with Gasteiger partial charge in [-0.1, -0.05) is 18.2 Å². The normalized spacial score (nSPS) is 10.6. The van der Waals surface area contributed by atoms with Gasteiger partial charge in [0.25, 0.3) is 0 Å². The van der Waals surface area contributed by atoms with E-state index >= 15 is 0 Å². The van der Waals surface area contributed by atoms with Gasteiger partial charge in [-0.2, -0.15) is 0 Å². The highest BCUT2D eigenvalue weighted by molar-refractivity contribution is 14.0. The smallest absolute Gasteiger partial charge is 0.191 e. The predicted octanol–water partition coefficient (Wildman–Crippen LogP) is 3.15. The van der Waals surface area contributed by atoms with Crippen LogP contribution in [-0.4, -0.2) is 37.9 Å². The lowest BCUT2D eigenvalue weighted by Crippen LogP contribution is -2.39. The number of hydrogen-bond donors (Lipinski definition) is 3. The number of hydrogen-bond acceptors (Lipinski definition) is 4. The van der Waals surface area contributed by atoms with Gasteiger partial charge in [0, 0.05) is 12.1 Å². The third kappa shape index (κ3) is 7.38. The van der Waals surface area contributed by atoms with Crippen LogP contribution in [0.5, 0.6) is 17.2 Å². The summed E-state index contributed by atoms with van der Waals surface area (Å²) in [6.45, 7) is 4.23. The highest BCUT2D eigenvalue weighted by Crippen LogP contribution is 2.23. The predicted molar refractivity (Wildman–Crippen MR) is 115 cm³/mol. The molecular formula is C19H26IN3O3. The third-order valence-electron chi connectivity index (χ3n) is 3.44. The van der Waals surface area contributed by atoms with Gasteiger partial charge in [0.1, 0.15) is 23.9 Å². The molecule has 0 bridgehead atoms. The van der Waals surface area contributed by atoms with Crippen LogP contribution in [0.25, 0.3) is 0 Å². The van der Waals surface area contributed by atoms with Crippen molar-refractivity contribution in [3.05, 3.63) is 54.1 Å². The van der Waals surface area contributed by atoms with E-state index in [0.717, 1.165) is 12.3 Å². The Morgan fingerprint density at radius 2 is 1.85 bits per heavy atom. The van der Waals surface area contributed by atoms with E-state index in [1.54, 1.807) is 25.3 Å². The lowest BCUT2D eigenvalue weighted by molar-refractivity contribution is 0.322. The Hall–Kier alpha value is -2.16. The second kappa shape index (κ2) is 12.2.